The molecule has 0 radical (unpaired) electrons. The minimum Gasteiger partial charge on any atom is -0.508 e. The van der Waals surface area contributed by atoms with Gasteiger partial charge < -0.3 is 20.1 Å². The Morgan fingerprint density at radius 3 is 2.50 bits per heavy atom. The molecular weight excluding hydrogens is 332 g/mol. The topological polar surface area (TPSA) is 78.9 Å². The first-order valence-electron chi connectivity index (χ1n) is 8.67. The molecule has 0 aliphatic carbocycles. The van der Waals surface area contributed by atoms with E-state index in [-0.39, 0.29) is 24.3 Å². The first-order valence-corrected chi connectivity index (χ1v) is 8.67. The molecule has 26 heavy (non-hydrogen) atoms. The molecule has 1 aliphatic heterocycles. The fourth-order valence-electron chi connectivity index (χ4n) is 2.98. The summed E-state index contributed by atoms with van der Waals surface area (Å²) in [5, 5.41) is 12.4. The molecule has 2 aromatic rings. The first kappa shape index (κ1) is 17.8. The second-order valence-corrected chi connectivity index (χ2v) is 6.32. The van der Waals surface area contributed by atoms with Gasteiger partial charge in [-0.1, -0.05) is 36.4 Å². The highest BCUT2D eigenvalue weighted by atomic mass is 16.5. The standard InChI is InChI=1S/C20H22N2O4/c23-18-8-4-7-16(13-18)19(24)22-11-9-17(10-12-22)21-20(25)26-14-15-5-2-1-3-6-15/h1-8,13,17,23H,9-12,14H2,(H,21,25). The lowest BCUT2D eigenvalue weighted by Gasteiger charge is -2.32. The third-order valence-electron chi connectivity index (χ3n) is 4.41. The number of rotatable bonds is 4. The van der Waals surface area contributed by atoms with E-state index in [1.54, 1.807) is 17.0 Å². The molecule has 1 fully saturated rings. The molecule has 0 unspecified atom stereocenters. The van der Waals surface area contributed by atoms with Crippen LogP contribution in [0.15, 0.2) is 54.6 Å². The van der Waals surface area contributed by atoms with E-state index in [2.05, 4.69) is 5.32 Å². The largest absolute Gasteiger partial charge is 0.508 e. The number of alkyl carbamates (subject to hydrolysis) is 1. The van der Waals surface area contributed by atoms with Crippen LogP contribution >= 0.6 is 0 Å². The number of amides is 2. The van der Waals surface area contributed by atoms with Crippen molar-refractivity contribution in [3.8, 4) is 5.75 Å². The summed E-state index contributed by atoms with van der Waals surface area (Å²) < 4.78 is 5.23. The van der Waals surface area contributed by atoms with Crippen molar-refractivity contribution in [1.82, 2.24) is 10.2 Å². The molecule has 6 heteroatoms. The van der Waals surface area contributed by atoms with Crippen LogP contribution in [0.3, 0.4) is 0 Å². The van der Waals surface area contributed by atoms with Gasteiger partial charge in [-0.15, -0.1) is 0 Å². The van der Waals surface area contributed by atoms with Crippen LogP contribution in [0.25, 0.3) is 0 Å². The summed E-state index contributed by atoms with van der Waals surface area (Å²) in [5.41, 5.74) is 1.41. The van der Waals surface area contributed by atoms with Crippen molar-refractivity contribution in [1.29, 1.82) is 0 Å². The number of nitrogens with one attached hydrogen (secondary N) is 1. The second kappa shape index (κ2) is 8.38. The van der Waals surface area contributed by atoms with E-state index in [9.17, 15) is 14.7 Å². The molecule has 0 atom stereocenters. The van der Waals surface area contributed by atoms with E-state index >= 15 is 0 Å². The third-order valence-corrected chi connectivity index (χ3v) is 4.41. The van der Waals surface area contributed by atoms with Crippen LogP contribution in [0.5, 0.6) is 5.75 Å². The normalized spacial score (nSPS) is 14.7. The molecule has 1 aliphatic rings. The lowest BCUT2D eigenvalue weighted by Crippen LogP contribution is -2.46. The predicted octanol–water partition coefficient (Wildman–Crippen LogP) is 2.92. The number of hydrogen-bond donors (Lipinski definition) is 2. The Hall–Kier alpha value is -3.02. The van der Waals surface area contributed by atoms with Gasteiger partial charge in [-0.3, -0.25) is 4.79 Å². The Morgan fingerprint density at radius 2 is 1.81 bits per heavy atom. The van der Waals surface area contributed by atoms with Gasteiger partial charge >= 0.3 is 6.09 Å². The number of benzene rings is 2. The maximum atomic E-state index is 12.4. The highest BCUT2D eigenvalue weighted by Crippen LogP contribution is 2.17. The highest BCUT2D eigenvalue weighted by Gasteiger charge is 2.25. The van der Waals surface area contributed by atoms with Crippen molar-refractivity contribution in [3.63, 3.8) is 0 Å². The average Bonchev–Trinajstić information content (AvgIpc) is 2.67. The fraction of sp³-hybridized carbons (Fsp3) is 0.300. The maximum Gasteiger partial charge on any atom is 0.407 e. The van der Waals surface area contributed by atoms with E-state index in [4.69, 9.17) is 4.74 Å². The zero-order valence-electron chi connectivity index (χ0n) is 14.4. The molecule has 136 valence electrons. The second-order valence-electron chi connectivity index (χ2n) is 6.32. The molecular formula is C20H22N2O4. The van der Waals surface area contributed by atoms with Crippen LogP contribution in [0.1, 0.15) is 28.8 Å². The molecule has 2 N–H and O–H groups in total. The van der Waals surface area contributed by atoms with Crippen LogP contribution in [0.2, 0.25) is 0 Å². The summed E-state index contributed by atoms with van der Waals surface area (Å²) in [6, 6.07) is 15.8. The average molecular weight is 354 g/mol. The van der Waals surface area contributed by atoms with Gasteiger partial charge in [0.25, 0.3) is 5.91 Å². The molecule has 2 aromatic carbocycles. The van der Waals surface area contributed by atoms with Crippen LogP contribution in [0.4, 0.5) is 4.79 Å². The van der Waals surface area contributed by atoms with E-state index < -0.39 is 6.09 Å². The van der Waals surface area contributed by atoms with Crippen molar-refractivity contribution in [2.75, 3.05) is 13.1 Å². The molecule has 0 bridgehead atoms. The van der Waals surface area contributed by atoms with E-state index in [1.165, 1.54) is 12.1 Å². The molecule has 2 amide bonds. The summed E-state index contributed by atoms with van der Waals surface area (Å²) in [6.07, 6.45) is 0.905. The fourth-order valence-corrected chi connectivity index (χ4v) is 2.98. The highest BCUT2D eigenvalue weighted by molar-refractivity contribution is 5.94. The Labute approximate surface area is 152 Å². The van der Waals surface area contributed by atoms with Gasteiger partial charge in [0.15, 0.2) is 0 Å². The van der Waals surface area contributed by atoms with Gasteiger partial charge in [-0.2, -0.15) is 0 Å². The van der Waals surface area contributed by atoms with Crippen molar-refractivity contribution in [3.05, 3.63) is 65.7 Å². The monoisotopic (exact) mass is 354 g/mol. The number of carbonyl (C=O) groups excluding carboxylic acids is 2. The summed E-state index contributed by atoms with van der Waals surface area (Å²) in [4.78, 5) is 26.1. The van der Waals surface area contributed by atoms with Crippen LogP contribution in [-0.4, -0.2) is 41.1 Å². The van der Waals surface area contributed by atoms with Gasteiger partial charge in [0.05, 0.1) is 0 Å². The minimum atomic E-state index is -0.438. The number of nitrogens with zero attached hydrogens (tertiary/aromatic N) is 1. The lowest BCUT2D eigenvalue weighted by molar-refractivity contribution is 0.0700. The number of hydrogen-bond acceptors (Lipinski definition) is 4. The van der Waals surface area contributed by atoms with Crippen molar-refractivity contribution < 1.29 is 19.4 Å². The number of piperidine rings is 1. The lowest BCUT2D eigenvalue weighted by atomic mass is 10.0. The number of phenols is 1. The van der Waals surface area contributed by atoms with Gasteiger partial charge in [0, 0.05) is 24.7 Å². The molecule has 1 heterocycles. The number of ether oxygens (including phenoxy) is 1. The Balaban J connectivity index is 1.43. The van der Waals surface area contributed by atoms with Gasteiger partial charge in [0.1, 0.15) is 12.4 Å². The summed E-state index contributed by atoms with van der Waals surface area (Å²) in [7, 11) is 0. The van der Waals surface area contributed by atoms with Gasteiger partial charge in [-0.25, -0.2) is 4.79 Å². The molecule has 1 saturated heterocycles. The van der Waals surface area contributed by atoms with Crippen LogP contribution < -0.4 is 5.32 Å². The molecule has 0 saturated carbocycles. The van der Waals surface area contributed by atoms with Crippen molar-refractivity contribution >= 4 is 12.0 Å². The zero-order valence-corrected chi connectivity index (χ0v) is 14.4. The first-order chi connectivity index (χ1) is 12.6. The molecule has 3 rings (SSSR count). The van der Waals surface area contributed by atoms with Crippen molar-refractivity contribution in [2.24, 2.45) is 0 Å². The van der Waals surface area contributed by atoms with Gasteiger partial charge in [0.2, 0.25) is 0 Å². The predicted molar refractivity (Wildman–Crippen MR) is 96.8 cm³/mol. The number of aromatic hydroxyl groups is 1. The van der Waals surface area contributed by atoms with Crippen LogP contribution in [-0.2, 0) is 11.3 Å². The Kier molecular flexibility index (Phi) is 5.73. The smallest absolute Gasteiger partial charge is 0.407 e. The maximum absolute atomic E-state index is 12.4. The van der Waals surface area contributed by atoms with Crippen molar-refractivity contribution in [2.45, 2.75) is 25.5 Å². The summed E-state index contributed by atoms with van der Waals surface area (Å²) in [5.74, 6) is -0.0282. The Morgan fingerprint density at radius 1 is 1.08 bits per heavy atom. The molecule has 6 nitrogen and oxygen atoms in total. The number of carbonyl (C=O) groups is 2. The minimum absolute atomic E-state index is 0.00787. The number of phenolic OH excluding ortho intramolecular Hbond substituents is 1. The van der Waals surface area contributed by atoms with E-state index in [0.717, 1.165) is 5.56 Å². The van der Waals surface area contributed by atoms with E-state index in [0.29, 0.717) is 31.5 Å². The molecule has 0 spiro atoms. The zero-order chi connectivity index (χ0) is 18.4. The quantitative estimate of drug-likeness (QED) is 0.885. The summed E-state index contributed by atoms with van der Waals surface area (Å²) in [6.45, 7) is 1.34. The number of likely N-dealkylation sites (tertiary alicyclic amines) is 1. The van der Waals surface area contributed by atoms with Gasteiger partial charge in [-0.05, 0) is 36.6 Å². The van der Waals surface area contributed by atoms with Crippen LogP contribution in [0, 0.1) is 0 Å². The Bertz CT molecular complexity index is 755. The SMILES string of the molecule is O=C(NC1CCN(C(=O)c2cccc(O)c2)CC1)OCc1ccccc1. The van der Waals surface area contributed by atoms with E-state index in [1.807, 2.05) is 30.3 Å². The summed E-state index contributed by atoms with van der Waals surface area (Å²) >= 11 is 0. The molecule has 0 aromatic heterocycles. The third kappa shape index (κ3) is 4.75.